The number of rotatable bonds is 2. The normalized spacial score (nSPS) is 28.9. The molecule has 0 saturated carbocycles. The van der Waals surface area contributed by atoms with E-state index in [2.05, 4.69) is 25.1 Å². The summed E-state index contributed by atoms with van der Waals surface area (Å²) in [6, 6.07) is 2.01. The minimum absolute atomic E-state index is 0.101. The number of piperidine rings is 1. The number of nitrogens with zero attached hydrogens (tertiary/aromatic N) is 4. The molecule has 3 fully saturated rings. The molecular weight excluding hydrogens is 282 g/mol. The average Bonchev–Trinajstić information content (AvgIpc) is 3.11. The van der Waals surface area contributed by atoms with Crippen LogP contribution in [-0.4, -0.2) is 59.8 Å². The van der Waals surface area contributed by atoms with E-state index < -0.39 is 0 Å². The molecule has 0 aliphatic carbocycles. The van der Waals surface area contributed by atoms with Gasteiger partial charge in [-0.15, -0.1) is 0 Å². The van der Waals surface area contributed by atoms with Crippen LogP contribution in [0.3, 0.4) is 0 Å². The fraction of sp³-hybridized carbons (Fsp3) is 0.667. The molecule has 2 atom stereocenters. The first-order valence-corrected chi connectivity index (χ1v) is 7.98. The summed E-state index contributed by atoms with van der Waals surface area (Å²) in [5.74, 6) is 2.49. The lowest BCUT2D eigenvalue weighted by Gasteiger charge is -2.31. The van der Waals surface area contributed by atoms with Gasteiger partial charge < -0.3 is 20.2 Å². The summed E-state index contributed by atoms with van der Waals surface area (Å²) in [6.45, 7) is 4.04. The second-order valence-corrected chi connectivity index (χ2v) is 6.47. The maximum absolute atomic E-state index is 11.8. The van der Waals surface area contributed by atoms with Crippen molar-refractivity contribution in [1.82, 2.24) is 15.3 Å². The predicted octanol–water partition coefficient (Wildman–Crippen LogP) is -0.380. The summed E-state index contributed by atoms with van der Waals surface area (Å²) in [5.41, 5.74) is 0. The minimum atomic E-state index is -0.186. The van der Waals surface area contributed by atoms with Gasteiger partial charge in [-0.2, -0.15) is 0 Å². The molecule has 0 bridgehead atoms. The molecule has 7 heteroatoms. The van der Waals surface area contributed by atoms with Crippen LogP contribution >= 0.6 is 0 Å². The van der Waals surface area contributed by atoms with Crippen LogP contribution in [0.4, 0.5) is 11.6 Å². The number of fused-ring (bicyclic) bond motifs is 1. The third kappa shape index (κ3) is 2.39. The van der Waals surface area contributed by atoms with E-state index in [1.165, 1.54) is 0 Å². The SMILES string of the molecule is O=C1NC[C@H]2CN(c3cc(N4CCC(O)CC4)ncn3)C[C@@H]12. The number of hydrogen-bond donors (Lipinski definition) is 2. The van der Waals surface area contributed by atoms with Gasteiger partial charge in [-0.1, -0.05) is 0 Å². The molecule has 0 aromatic carbocycles. The van der Waals surface area contributed by atoms with Crippen molar-refractivity contribution in [3.63, 3.8) is 0 Å². The maximum Gasteiger partial charge on any atom is 0.225 e. The van der Waals surface area contributed by atoms with Crippen LogP contribution < -0.4 is 15.1 Å². The number of aliphatic hydroxyl groups excluding tert-OH is 1. The molecule has 3 aliphatic rings. The Hall–Kier alpha value is -1.89. The number of carbonyl (C=O) groups excluding carboxylic acids is 1. The maximum atomic E-state index is 11.8. The van der Waals surface area contributed by atoms with Gasteiger partial charge >= 0.3 is 0 Å². The van der Waals surface area contributed by atoms with Crippen LogP contribution in [0.2, 0.25) is 0 Å². The summed E-state index contributed by atoms with van der Waals surface area (Å²) < 4.78 is 0. The second-order valence-electron chi connectivity index (χ2n) is 6.47. The Morgan fingerprint density at radius 2 is 1.86 bits per heavy atom. The zero-order valence-electron chi connectivity index (χ0n) is 12.5. The lowest BCUT2D eigenvalue weighted by atomic mass is 10.0. The predicted molar refractivity (Wildman–Crippen MR) is 81.7 cm³/mol. The number of carbonyl (C=O) groups is 1. The van der Waals surface area contributed by atoms with E-state index >= 15 is 0 Å². The van der Waals surface area contributed by atoms with Crippen LogP contribution in [0.25, 0.3) is 0 Å². The van der Waals surface area contributed by atoms with Crippen molar-refractivity contribution in [3.8, 4) is 0 Å². The van der Waals surface area contributed by atoms with Gasteiger partial charge in [-0.25, -0.2) is 9.97 Å². The molecule has 1 amide bonds. The molecule has 0 unspecified atom stereocenters. The summed E-state index contributed by atoms with van der Waals surface area (Å²) in [7, 11) is 0. The van der Waals surface area contributed by atoms with E-state index in [0.717, 1.165) is 57.2 Å². The smallest absolute Gasteiger partial charge is 0.225 e. The van der Waals surface area contributed by atoms with Gasteiger partial charge in [0.2, 0.25) is 5.91 Å². The Bertz CT molecular complexity index is 573. The highest BCUT2D eigenvalue weighted by Crippen LogP contribution is 2.31. The first-order valence-electron chi connectivity index (χ1n) is 7.98. The number of nitrogens with one attached hydrogen (secondary N) is 1. The molecular formula is C15H21N5O2. The third-order valence-electron chi connectivity index (χ3n) is 5.07. The van der Waals surface area contributed by atoms with Crippen LogP contribution in [0, 0.1) is 11.8 Å². The Morgan fingerprint density at radius 3 is 2.59 bits per heavy atom. The molecule has 3 saturated heterocycles. The highest BCUT2D eigenvalue weighted by Gasteiger charge is 2.42. The van der Waals surface area contributed by atoms with Crippen molar-refractivity contribution >= 4 is 17.5 Å². The molecule has 1 aromatic heterocycles. The first-order chi connectivity index (χ1) is 10.7. The molecule has 4 rings (SSSR count). The number of anilines is 2. The van der Waals surface area contributed by atoms with Crippen molar-refractivity contribution in [2.75, 3.05) is 42.5 Å². The van der Waals surface area contributed by atoms with Gasteiger partial charge in [0, 0.05) is 44.7 Å². The summed E-state index contributed by atoms with van der Waals surface area (Å²) in [4.78, 5) is 24.9. The summed E-state index contributed by atoms with van der Waals surface area (Å²) in [6.07, 6.45) is 2.99. The highest BCUT2D eigenvalue weighted by atomic mass is 16.3. The first kappa shape index (κ1) is 13.8. The Kier molecular flexibility index (Phi) is 3.37. The lowest BCUT2D eigenvalue weighted by molar-refractivity contribution is -0.122. The minimum Gasteiger partial charge on any atom is -0.393 e. The van der Waals surface area contributed by atoms with E-state index in [1.54, 1.807) is 6.33 Å². The molecule has 1 aromatic rings. The van der Waals surface area contributed by atoms with Crippen molar-refractivity contribution in [2.45, 2.75) is 18.9 Å². The fourth-order valence-corrected chi connectivity index (χ4v) is 3.70. The number of hydrogen-bond acceptors (Lipinski definition) is 6. The molecule has 2 N–H and O–H groups in total. The molecule has 7 nitrogen and oxygen atoms in total. The van der Waals surface area contributed by atoms with Gasteiger partial charge in [0.1, 0.15) is 18.0 Å². The van der Waals surface area contributed by atoms with Crippen LogP contribution in [0.15, 0.2) is 12.4 Å². The Balaban J connectivity index is 1.49. The quantitative estimate of drug-likeness (QED) is 0.775. The van der Waals surface area contributed by atoms with E-state index in [-0.39, 0.29) is 17.9 Å². The van der Waals surface area contributed by atoms with Crippen molar-refractivity contribution in [2.24, 2.45) is 11.8 Å². The van der Waals surface area contributed by atoms with E-state index in [0.29, 0.717) is 5.92 Å². The average molecular weight is 303 g/mol. The summed E-state index contributed by atoms with van der Waals surface area (Å²) >= 11 is 0. The monoisotopic (exact) mass is 303 g/mol. The van der Waals surface area contributed by atoms with Gasteiger partial charge in [-0.05, 0) is 12.8 Å². The largest absolute Gasteiger partial charge is 0.393 e. The van der Waals surface area contributed by atoms with Crippen LogP contribution in [0.5, 0.6) is 0 Å². The lowest BCUT2D eigenvalue weighted by Crippen LogP contribution is -2.36. The zero-order valence-corrected chi connectivity index (χ0v) is 12.5. The van der Waals surface area contributed by atoms with Crippen molar-refractivity contribution in [3.05, 3.63) is 12.4 Å². The van der Waals surface area contributed by atoms with Gasteiger partial charge in [0.15, 0.2) is 0 Å². The second kappa shape index (κ2) is 5.39. The van der Waals surface area contributed by atoms with Crippen molar-refractivity contribution < 1.29 is 9.90 Å². The Labute approximate surface area is 129 Å². The summed E-state index contributed by atoms with van der Waals surface area (Å²) in [5, 5.41) is 12.5. The number of aliphatic hydroxyl groups is 1. The number of aromatic nitrogens is 2. The molecule has 3 aliphatic heterocycles. The topological polar surface area (TPSA) is 81.6 Å². The van der Waals surface area contributed by atoms with E-state index in [1.807, 2.05) is 6.07 Å². The van der Waals surface area contributed by atoms with Gasteiger partial charge in [0.05, 0.1) is 12.0 Å². The van der Waals surface area contributed by atoms with Crippen LogP contribution in [-0.2, 0) is 4.79 Å². The molecule has 22 heavy (non-hydrogen) atoms. The zero-order chi connectivity index (χ0) is 15.1. The standard InChI is InChI=1S/C15H21N5O2/c21-11-1-3-19(4-2-11)13-5-14(18-9-17-13)20-7-10-6-16-15(22)12(10)8-20/h5,9-12,21H,1-4,6-8H2,(H,16,22)/t10-,12+/m0/s1. The Morgan fingerprint density at radius 1 is 1.14 bits per heavy atom. The molecule has 0 radical (unpaired) electrons. The highest BCUT2D eigenvalue weighted by molar-refractivity contribution is 5.82. The molecule has 0 spiro atoms. The molecule has 4 heterocycles. The van der Waals surface area contributed by atoms with Crippen molar-refractivity contribution in [1.29, 1.82) is 0 Å². The van der Waals surface area contributed by atoms with Gasteiger partial charge in [0.25, 0.3) is 0 Å². The number of amides is 1. The third-order valence-corrected chi connectivity index (χ3v) is 5.07. The fourth-order valence-electron chi connectivity index (χ4n) is 3.70. The van der Waals surface area contributed by atoms with Gasteiger partial charge in [-0.3, -0.25) is 4.79 Å². The van der Waals surface area contributed by atoms with E-state index in [9.17, 15) is 9.90 Å². The molecule has 118 valence electrons. The van der Waals surface area contributed by atoms with E-state index in [4.69, 9.17) is 0 Å². The van der Waals surface area contributed by atoms with Crippen LogP contribution in [0.1, 0.15) is 12.8 Å².